The summed E-state index contributed by atoms with van der Waals surface area (Å²) in [6.45, 7) is 0.329. The van der Waals surface area contributed by atoms with Gasteiger partial charge in [-0.3, -0.25) is 19.0 Å². The molecule has 26 heavy (non-hydrogen) atoms. The van der Waals surface area contributed by atoms with Crippen molar-refractivity contribution in [2.45, 2.75) is 6.54 Å². The van der Waals surface area contributed by atoms with Crippen LogP contribution in [0.15, 0.2) is 47.3 Å². The smallest absolute Gasteiger partial charge is 0.271 e. The predicted octanol–water partition coefficient (Wildman–Crippen LogP) is 2.10. The Morgan fingerprint density at radius 1 is 1.12 bits per heavy atom. The average molecular weight is 417 g/mol. The monoisotopic (exact) mass is 416 g/mol. The highest BCUT2D eigenvalue weighted by Crippen LogP contribution is 2.20. The Kier molecular flexibility index (Phi) is 5.17. The van der Waals surface area contributed by atoms with E-state index in [9.17, 15) is 9.59 Å². The molecule has 0 spiro atoms. The van der Waals surface area contributed by atoms with E-state index in [-0.39, 0.29) is 17.5 Å². The van der Waals surface area contributed by atoms with Crippen molar-refractivity contribution in [1.82, 2.24) is 24.9 Å². The van der Waals surface area contributed by atoms with Gasteiger partial charge in [0.15, 0.2) is 0 Å². The van der Waals surface area contributed by atoms with Crippen molar-refractivity contribution >= 4 is 33.4 Å². The second-order valence-corrected chi connectivity index (χ2v) is 6.52. The van der Waals surface area contributed by atoms with E-state index in [2.05, 4.69) is 36.8 Å². The molecule has 2 aromatic heterocycles. The number of nitrogens with one attached hydrogen (secondary N) is 2. The molecule has 9 heteroatoms. The lowest BCUT2D eigenvalue weighted by atomic mass is 10.2. The summed E-state index contributed by atoms with van der Waals surface area (Å²) < 4.78 is 3.76. The van der Waals surface area contributed by atoms with Crippen molar-refractivity contribution in [3.05, 3.63) is 64.1 Å². The maximum Gasteiger partial charge on any atom is 0.271 e. The van der Waals surface area contributed by atoms with Gasteiger partial charge in [0, 0.05) is 36.9 Å². The molecule has 3 rings (SSSR count). The normalized spacial score (nSPS) is 10.6. The fourth-order valence-electron chi connectivity index (χ4n) is 2.46. The molecule has 2 amide bonds. The molecule has 134 valence electrons. The first-order valence-electron chi connectivity index (χ1n) is 7.79. The summed E-state index contributed by atoms with van der Waals surface area (Å²) in [5, 5.41) is 13.7. The van der Waals surface area contributed by atoms with Crippen molar-refractivity contribution in [1.29, 1.82) is 0 Å². The summed E-state index contributed by atoms with van der Waals surface area (Å²) in [7, 11) is 3.45. The van der Waals surface area contributed by atoms with Crippen LogP contribution in [0, 0.1) is 0 Å². The molecule has 0 aliphatic heterocycles. The number of amides is 2. The van der Waals surface area contributed by atoms with Crippen molar-refractivity contribution in [3.8, 4) is 0 Å². The third-order valence-corrected chi connectivity index (χ3v) is 4.42. The molecule has 0 bridgehead atoms. The maximum atomic E-state index is 12.6. The standard InChI is InChI=1S/C17H17BrN6O2/c1-23-10-11(8-20-23)7-19-17(26)15-14(9-21-24(15)2)22-16(25)12-5-3-4-6-13(12)18/h3-6,8-10H,7H2,1-2H3,(H,19,26)(H,22,25). The second kappa shape index (κ2) is 7.52. The van der Waals surface area contributed by atoms with Crippen LogP contribution in [0.4, 0.5) is 5.69 Å². The predicted molar refractivity (Wildman–Crippen MR) is 99.7 cm³/mol. The number of benzene rings is 1. The number of rotatable bonds is 5. The minimum atomic E-state index is -0.337. The Bertz CT molecular complexity index is 962. The molecule has 0 atom stereocenters. The highest BCUT2D eigenvalue weighted by atomic mass is 79.9. The number of aromatic nitrogens is 4. The molecule has 0 unspecified atom stereocenters. The fraction of sp³-hybridized carbons (Fsp3) is 0.176. The summed E-state index contributed by atoms with van der Waals surface area (Å²) in [6, 6.07) is 7.06. The summed E-state index contributed by atoms with van der Waals surface area (Å²) in [6.07, 6.45) is 4.95. The number of hydrogen-bond donors (Lipinski definition) is 2. The second-order valence-electron chi connectivity index (χ2n) is 5.67. The van der Waals surface area contributed by atoms with Crippen LogP contribution < -0.4 is 10.6 Å². The number of nitrogens with zero attached hydrogens (tertiary/aromatic N) is 4. The van der Waals surface area contributed by atoms with Gasteiger partial charge in [-0.05, 0) is 28.1 Å². The molecule has 0 saturated carbocycles. The summed E-state index contributed by atoms with van der Waals surface area (Å²) in [5.41, 5.74) is 1.96. The minimum Gasteiger partial charge on any atom is -0.346 e. The van der Waals surface area contributed by atoms with Gasteiger partial charge in [0.25, 0.3) is 11.8 Å². The molecule has 1 aromatic carbocycles. The Morgan fingerprint density at radius 3 is 2.58 bits per heavy atom. The molecule has 0 aliphatic rings. The molecule has 3 aromatic rings. The van der Waals surface area contributed by atoms with Crippen LogP contribution in [-0.2, 0) is 20.6 Å². The van der Waals surface area contributed by atoms with Crippen LogP contribution in [-0.4, -0.2) is 31.4 Å². The average Bonchev–Trinajstić information content (AvgIpc) is 3.19. The van der Waals surface area contributed by atoms with Gasteiger partial charge in [0.2, 0.25) is 0 Å². The van der Waals surface area contributed by atoms with E-state index < -0.39 is 0 Å². The number of halogens is 1. The lowest BCUT2D eigenvalue weighted by molar-refractivity contribution is 0.0942. The zero-order chi connectivity index (χ0) is 18.7. The minimum absolute atomic E-state index is 0.272. The van der Waals surface area contributed by atoms with E-state index >= 15 is 0 Å². The topological polar surface area (TPSA) is 93.8 Å². The van der Waals surface area contributed by atoms with Gasteiger partial charge in [0.05, 0.1) is 23.6 Å². The Hall–Kier alpha value is -2.94. The number of aryl methyl sites for hydroxylation is 2. The molecule has 2 N–H and O–H groups in total. The van der Waals surface area contributed by atoms with Gasteiger partial charge in [-0.2, -0.15) is 10.2 Å². The Labute approximate surface area is 158 Å². The van der Waals surface area contributed by atoms with Gasteiger partial charge in [-0.15, -0.1) is 0 Å². The van der Waals surface area contributed by atoms with Crippen molar-refractivity contribution in [2.75, 3.05) is 5.32 Å². The summed E-state index contributed by atoms with van der Waals surface area (Å²) in [5.74, 6) is -0.664. The van der Waals surface area contributed by atoms with Gasteiger partial charge in [-0.1, -0.05) is 12.1 Å². The molecule has 2 heterocycles. The quantitative estimate of drug-likeness (QED) is 0.665. The molecule has 0 saturated heterocycles. The van der Waals surface area contributed by atoms with Crippen LogP contribution in [0.25, 0.3) is 0 Å². The van der Waals surface area contributed by atoms with E-state index in [0.29, 0.717) is 22.3 Å². The lowest BCUT2D eigenvalue weighted by Gasteiger charge is -2.09. The molecular weight excluding hydrogens is 400 g/mol. The van der Waals surface area contributed by atoms with Crippen LogP contribution in [0.5, 0.6) is 0 Å². The first-order chi connectivity index (χ1) is 12.5. The first kappa shape index (κ1) is 17.9. The fourth-order valence-corrected chi connectivity index (χ4v) is 2.93. The van der Waals surface area contributed by atoms with E-state index in [0.717, 1.165) is 5.56 Å². The highest BCUT2D eigenvalue weighted by Gasteiger charge is 2.20. The van der Waals surface area contributed by atoms with E-state index in [1.165, 1.54) is 10.9 Å². The highest BCUT2D eigenvalue weighted by molar-refractivity contribution is 9.10. The Balaban J connectivity index is 1.75. The third kappa shape index (κ3) is 3.83. The number of anilines is 1. The summed E-state index contributed by atoms with van der Waals surface area (Å²) >= 11 is 3.35. The van der Waals surface area contributed by atoms with Crippen molar-refractivity contribution in [2.24, 2.45) is 14.1 Å². The van der Waals surface area contributed by atoms with Crippen molar-refractivity contribution < 1.29 is 9.59 Å². The van der Waals surface area contributed by atoms with Gasteiger partial charge in [-0.25, -0.2) is 0 Å². The number of carbonyl (C=O) groups excluding carboxylic acids is 2. The zero-order valence-electron chi connectivity index (χ0n) is 14.2. The van der Waals surface area contributed by atoms with Crippen LogP contribution in [0.1, 0.15) is 26.4 Å². The van der Waals surface area contributed by atoms with Gasteiger partial charge in [0.1, 0.15) is 5.69 Å². The molecular formula is C17H17BrN6O2. The Morgan fingerprint density at radius 2 is 1.88 bits per heavy atom. The largest absolute Gasteiger partial charge is 0.346 e. The zero-order valence-corrected chi connectivity index (χ0v) is 15.8. The molecule has 8 nitrogen and oxygen atoms in total. The van der Waals surface area contributed by atoms with Crippen LogP contribution in [0.3, 0.4) is 0 Å². The number of carbonyl (C=O) groups is 2. The van der Waals surface area contributed by atoms with Crippen LogP contribution in [0.2, 0.25) is 0 Å². The first-order valence-corrected chi connectivity index (χ1v) is 8.58. The third-order valence-electron chi connectivity index (χ3n) is 3.73. The van der Waals surface area contributed by atoms with Crippen LogP contribution >= 0.6 is 15.9 Å². The van der Waals surface area contributed by atoms with E-state index in [1.807, 2.05) is 19.3 Å². The molecule has 0 radical (unpaired) electrons. The van der Waals surface area contributed by atoms with E-state index in [1.54, 1.807) is 36.1 Å². The SMILES string of the molecule is Cn1cc(CNC(=O)c2c(NC(=O)c3ccccc3Br)cnn2C)cn1. The lowest BCUT2D eigenvalue weighted by Crippen LogP contribution is -2.26. The maximum absolute atomic E-state index is 12.6. The number of hydrogen-bond acceptors (Lipinski definition) is 4. The van der Waals surface area contributed by atoms with E-state index in [4.69, 9.17) is 0 Å². The van der Waals surface area contributed by atoms with Gasteiger partial charge < -0.3 is 10.6 Å². The van der Waals surface area contributed by atoms with Crippen molar-refractivity contribution in [3.63, 3.8) is 0 Å². The molecule has 0 fully saturated rings. The summed E-state index contributed by atoms with van der Waals surface area (Å²) in [4.78, 5) is 25.0. The van der Waals surface area contributed by atoms with Gasteiger partial charge >= 0.3 is 0 Å². The molecule has 0 aliphatic carbocycles.